The van der Waals surface area contributed by atoms with Crippen molar-refractivity contribution < 1.29 is 23.8 Å². The SMILES string of the molecule is CCCOC(=O)c1c(NC(=O)c2ccc(OC)cc2OC)sc2c1CCCCC2. The highest BCUT2D eigenvalue weighted by Gasteiger charge is 2.27. The molecule has 0 radical (unpaired) electrons. The molecule has 29 heavy (non-hydrogen) atoms. The van der Waals surface area contributed by atoms with E-state index in [-0.39, 0.29) is 11.9 Å². The van der Waals surface area contributed by atoms with Crippen molar-refractivity contribution in [3.8, 4) is 11.5 Å². The Morgan fingerprint density at radius 3 is 2.62 bits per heavy atom. The summed E-state index contributed by atoms with van der Waals surface area (Å²) in [5.74, 6) is 0.328. The summed E-state index contributed by atoms with van der Waals surface area (Å²) in [5, 5.41) is 3.49. The second kappa shape index (κ2) is 9.78. The van der Waals surface area contributed by atoms with Gasteiger partial charge in [0.25, 0.3) is 5.91 Å². The van der Waals surface area contributed by atoms with Gasteiger partial charge in [-0.1, -0.05) is 13.3 Å². The van der Waals surface area contributed by atoms with Crippen LogP contribution in [0.1, 0.15) is 63.8 Å². The quantitative estimate of drug-likeness (QED) is 0.515. The molecule has 6 nitrogen and oxygen atoms in total. The van der Waals surface area contributed by atoms with E-state index in [1.807, 2.05) is 6.92 Å². The van der Waals surface area contributed by atoms with Gasteiger partial charge in [0.05, 0.1) is 32.0 Å². The number of methoxy groups -OCH3 is 2. The molecule has 0 unspecified atom stereocenters. The van der Waals surface area contributed by atoms with Crippen LogP contribution in [0.15, 0.2) is 18.2 Å². The topological polar surface area (TPSA) is 73.9 Å². The van der Waals surface area contributed by atoms with Gasteiger partial charge in [0.1, 0.15) is 16.5 Å². The highest BCUT2D eigenvalue weighted by atomic mass is 32.1. The first-order valence-corrected chi connectivity index (χ1v) is 10.8. The summed E-state index contributed by atoms with van der Waals surface area (Å²) in [7, 11) is 3.06. The maximum absolute atomic E-state index is 13.0. The molecule has 156 valence electrons. The molecule has 1 heterocycles. The minimum atomic E-state index is -0.358. The number of ether oxygens (including phenoxy) is 3. The third kappa shape index (κ3) is 4.72. The maximum Gasteiger partial charge on any atom is 0.341 e. The monoisotopic (exact) mass is 417 g/mol. The van der Waals surface area contributed by atoms with Gasteiger partial charge in [0, 0.05) is 10.9 Å². The number of carbonyl (C=O) groups excluding carboxylic acids is 2. The predicted octanol–water partition coefficient (Wildman–Crippen LogP) is 4.85. The van der Waals surface area contributed by atoms with Gasteiger partial charge >= 0.3 is 5.97 Å². The van der Waals surface area contributed by atoms with Crippen molar-refractivity contribution in [3.63, 3.8) is 0 Å². The van der Waals surface area contributed by atoms with Gasteiger partial charge in [-0.3, -0.25) is 4.79 Å². The number of rotatable bonds is 7. The molecule has 0 bridgehead atoms. The number of fused-ring (bicyclic) bond motifs is 1. The summed E-state index contributed by atoms with van der Waals surface area (Å²) in [6, 6.07) is 5.02. The number of nitrogens with one attached hydrogen (secondary N) is 1. The zero-order valence-electron chi connectivity index (χ0n) is 17.1. The lowest BCUT2D eigenvalue weighted by Gasteiger charge is -2.12. The van der Waals surface area contributed by atoms with Gasteiger partial charge in [0.2, 0.25) is 0 Å². The fraction of sp³-hybridized carbons (Fsp3) is 0.455. The molecule has 1 amide bonds. The van der Waals surface area contributed by atoms with E-state index in [0.29, 0.717) is 34.2 Å². The Morgan fingerprint density at radius 1 is 1.10 bits per heavy atom. The molecule has 2 aromatic rings. The van der Waals surface area contributed by atoms with Crippen molar-refractivity contribution in [2.75, 3.05) is 26.1 Å². The molecular weight excluding hydrogens is 390 g/mol. The van der Waals surface area contributed by atoms with Crippen LogP contribution in [0.3, 0.4) is 0 Å². The molecule has 0 saturated carbocycles. The molecule has 0 atom stereocenters. The lowest BCUT2D eigenvalue weighted by molar-refractivity contribution is 0.0505. The van der Waals surface area contributed by atoms with Gasteiger partial charge in [-0.15, -0.1) is 11.3 Å². The number of benzene rings is 1. The zero-order valence-corrected chi connectivity index (χ0v) is 17.9. The lowest BCUT2D eigenvalue weighted by atomic mass is 10.1. The van der Waals surface area contributed by atoms with Crippen molar-refractivity contribution >= 4 is 28.2 Å². The van der Waals surface area contributed by atoms with E-state index in [0.717, 1.165) is 44.1 Å². The Labute approximate surface area is 175 Å². The van der Waals surface area contributed by atoms with Crippen LogP contribution in [0.25, 0.3) is 0 Å². The standard InChI is InChI=1S/C22H27NO5S/c1-4-12-28-22(25)19-16-8-6-5-7-9-18(16)29-21(19)23-20(24)15-11-10-14(26-2)13-17(15)27-3/h10-11,13H,4-9,12H2,1-3H3,(H,23,24). The lowest BCUT2D eigenvalue weighted by Crippen LogP contribution is -2.16. The van der Waals surface area contributed by atoms with Crippen molar-refractivity contribution in [1.82, 2.24) is 0 Å². The summed E-state index contributed by atoms with van der Waals surface area (Å²) in [5.41, 5.74) is 1.93. The highest BCUT2D eigenvalue weighted by Crippen LogP contribution is 2.38. The predicted molar refractivity (Wildman–Crippen MR) is 114 cm³/mol. The van der Waals surface area contributed by atoms with E-state index < -0.39 is 0 Å². The molecule has 1 aromatic carbocycles. The van der Waals surface area contributed by atoms with Gasteiger partial charge in [-0.05, 0) is 49.8 Å². The minimum absolute atomic E-state index is 0.328. The van der Waals surface area contributed by atoms with Gasteiger partial charge in [-0.2, -0.15) is 0 Å². The largest absolute Gasteiger partial charge is 0.497 e. The van der Waals surface area contributed by atoms with Crippen LogP contribution in [0.5, 0.6) is 11.5 Å². The smallest absolute Gasteiger partial charge is 0.341 e. The molecule has 0 spiro atoms. The fourth-order valence-electron chi connectivity index (χ4n) is 3.47. The normalized spacial score (nSPS) is 13.2. The van der Waals surface area contributed by atoms with Crippen LogP contribution >= 0.6 is 11.3 Å². The van der Waals surface area contributed by atoms with Gasteiger partial charge in [-0.25, -0.2) is 4.79 Å². The van der Waals surface area contributed by atoms with Crippen LogP contribution in [0.4, 0.5) is 5.00 Å². The van der Waals surface area contributed by atoms with E-state index >= 15 is 0 Å². The first kappa shape index (κ1) is 21.2. The van der Waals surface area contributed by atoms with Crippen LogP contribution in [-0.2, 0) is 17.6 Å². The third-order valence-corrected chi connectivity index (χ3v) is 6.15. The van der Waals surface area contributed by atoms with Crippen LogP contribution in [0, 0.1) is 0 Å². The summed E-state index contributed by atoms with van der Waals surface area (Å²) < 4.78 is 16.0. The summed E-state index contributed by atoms with van der Waals surface area (Å²) >= 11 is 1.48. The molecular formula is C22H27NO5S. The van der Waals surface area contributed by atoms with Crippen molar-refractivity contribution in [1.29, 1.82) is 0 Å². The number of thiophene rings is 1. The Morgan fingerprint density at radius 2 is 1.90 bits per heavy atom. The minimum Gasteiger partial charge on any atom is -0.497 e. The number of esters is 1. The van der Waals surface area contributed by atoms with Crippen LogP contribution < -0.4 is 14.8 Å². The van der Waals surface area contributed by atoms with Gasteiger partial charge < -0.3 is 19.5 Å². The van der Waals surface area contributed by atoms with E-state index in [1.54, 1.807) is 25.3 Å². The molecule has 1 aliphatic rings. The second-order valence-corrected chi connectivity index (χ2v) is 8.03. The molecule has 3 rings (SSSR count). The Balaban J connectivity index is 1.94. The van der Waals surface area contributed by atoms with E-state index in [4.69, 9.17) is 14.2 Å². The second-order valence-electron chi connectivity index (χ2n) is 6.92. The van der Waals surface area contributed by atoms with Crippen molar-refractivity contribution in [2.45, 2.75) is 45.4 Å². The van der Waals surface area contributed by atoms with E-state index in [9.17, 15) is 9.59 Å². The van der Waals surface area contributed by atoms with Crippen molar-refractivity contribution in [2.24, 2.45) is 0 Å². The molecule has 0 fully saturated rings. The molecule has 0 saturated heterocycles. The third-order valence-electron chi connectivity index (χ3n) is 4.94. The summed E-state index contributed by atoms with van der Waals surface area (Å²) in [4.78, 5) is 26.9. The Hall–Kier alpha value is -2.54. The van der Waals surface area contributed by atoms with E-state index in [2.05, 4.69) is 5.32 Å². The Bertz CT molecular complexity index is 890. The summed E-state index contributed by atoms with van der Waals surface area (Å²) in [6.07, 6.45) is 5.80. The molecule has 0 aliphatic heterocycles. The number of anilines is 1. The molecule has 1 aliphatic carbocycles. The zero-order chi connectivity index (χ0) is 20.8. The number of amides is 1. The molecule has 7 heteroatoms. The number of hydrogen-bond donors (Lipinski definition) is 1. The number of aryl methyl sites for hydroxylation is 1. The van der Waals surface area contributed by atoms with Crippen molar-refractivity contribution in [3.05, 3.63) is 39.8 Å². The molecule has 1 N–H and O–H groups in total. The van der Waals surface area contributed by atoms with Crippen LogP contribution in [0.2, 0.25) is 0 Å². The number of hydrogen-bond acceptors (Lipinski definition) is 6. The van der Waals surface area contributed by atoms with E-state index in [1.165, 1.54) is 23.3 Å². The number of carbonyl (C=O) groups is 2. The first-order chi connectivity index (χ1) is 14.1. The molecule has 1 aromatic heterocycles. The maximum atomic E-state index is 13.0. The highest BCUT2D eigenvalue weighted by molar-refractivity contribution is 7.17. The summed E-state index contributed by atoms with van der Waals surface area (Å²) in [6.45, 7) is 2.32. The fourth-order valence-corrected chi connectivity index (χ4v) is 4.74. The van der Waals surface area contributed by atoms with Crippen LogP contribution in [-0.4, -0.2) is 32.7 Å². The Kier molecular flexibility index (Phi) is 7.14. The average Bonchev–Trinajstić information content (AvgIpc) is 2.91. The first-order valence-electron chi connectivity index (χ1n) is 9.94. The average molecular weight is 418 g/mol. The van der Waals surface area contributed by atoms with Gasteiger partial charge in [0.15, 0.2) is 0 Å².